The normalized spacial score (nSPS) is 34.4. The van der Waals surface area contributed by atoms with Gasteiger partial charge in [-0.25, -0.2) is 0 Å². The van der Waals surface area contributed by atoms with E-state index in [1.807, 2.05) is 11.0 Å². The zero-order chi connectivity index (χ0) is 13.7. The van der Waals surface area contributed by atoms with Crippen LogP contribution in [-0.2, 0) is 4.79 Å². The SMILES string of the molecule is Cl.N[C@@H]1CN(C(=O)C2CC2C2CC2)C[C@H]1c1ccccc1. The summed E-state index contributed by atoms with van der Waals surface area (Å²) >= 11 is 0. The van der Waals surface area contributed by atoms with Crippen molar-refractivity contribution in [3.05, 3.63) is 35.9 Å². The molecule has 21 heavy (non-hydrogen) atoms. The van der Waals surface area contributed by atoms with E-state index in [-0.39, 0.29) is 18.4 Å². The lowest BCUT2D eigenvalue weighted by molar-refractivity contribution is -0.132. The molecule has 114 valence electrons. The Morgan fingerprint density at radius 1 is 1.14 bits per heavy atom. The Morgan fingerprint density at radius 2 is 1.86 bits per heavy atom. The molecule has 2 unspecified atom stereocenters. The van der Waals surface area contributed by atoms with Gasteiger partial charge in [-0.15, -0.1) is 12.4 Å². The van der Waals surface area contributed by atoms with Crippen molar-refractivity contribution in [1.29, 1.82) is 0 Å². The molecular formula is C17H23ClN2O. The summed E-state index contributed by atoms with van der Waals surface area (Å²) in [4.78, 5) is 14.6. The molecule has 4 atom stereocenters. The lowest BCUT2D eigenvalue weighted by Crippen LogP contribution is -2.33. The Labute approximate surface area is 132 Å². The Morgan fingerprint density at radius 3 is 2.52 bits per heavy atom. The van der Waals surface area contributed by atoms with Gasteiger partial charge in [0.05, 0.1) is 0 Å². The summed E-state index contributed by atoms with van der Waals surface area (Å²) in [6, 6.07) is 10.5. The van der Waals surface area contributed by atoms with Gasteiger partial charge in [-0.2, -0.15) is 0 Å². The average Bonchev–Trinajstić information content (AvgIpc) is 3.35. The first-order valence-electron chi connectivity index (χ1n) is 7.83. The van der Waals surface area contributed by atoms with Crippen LogP contribution in [-0.4, -0.2) is 29.9 Å². The topological polar surface area (TPSA) is 46.3 Å². The highest BCUT2D eigenvalue weighted by atomic mass is 35.5. The number of carbonyl (C=O) groups is 1. The maximum absolute atomic E-state index is 12.5. The van der Waals surface area contributed by atoms with E-state index in [1.54, 1.807) is 0 Å². The second kappa shape index (κ2) is 5.62. The quantitative estimate of drug-likeness (QED) is 0.932. The summed E-state index contributed by atoms with van der Waals surface area (Å²) in [6.45, 7) is 1.53. The lowest BCUT2D eigenvalue weighted by atomic mass is 9.95. The Kier molecular flexibility index (Phi) is 3.98. The molecule has 1 amide bonds. The van der Waals surface area contributed by atoms with E-state index in [1.165, 1.54) is 18.4 Å². The van der Waals surface area contributed by atoms with Crippen LogP contribution >= 0.6 is 12.4 Å². The number of likely N-dealkylation sites (tertiary alicyclic amines) is 1. The predicted molar refractivity (Wildman–Crippen MR) is 85.3 cm³/mol. The van der Waals surface area contributed by atoms with Crippen molar-refractivity contribution in [3.8, 4) is 0 Å². The molecule has 3 nitrogen and oxygen atoms in total. The van der Waals surface area contributed by atoms with Crippen molar-refractivity contribution in [2.45, 2.75) is 31.2 Å². The predicted octanol–water partition coefficient (Wildman–Crippen LogP) is 2.41. The fraction of sp³-hybridized carbons (Fsp3) is 0.588. The Balaban J connectivity index is 0.00000132. The zero-order valence-electron chi connectivity index (χ0n) is 12.2. The first kappa shape index (κ1) is 14.9. The third kappa shape index (κ3) is 2.82. The van der Waals surface area contributed by atoms with Gasteiger partial charge in [-0.05, 0) is 36.7 Å². The largest absolute Gasteiger partial charge is 0.340 e. The van der Waals surface area contributed by atoms with Gasteiger partial charge in [-0.3, -0.25) is 4.79 Å². The van der Waals surface area contributed by atoms with Crippen molar-refractivity contribution < 1.29 is 4.79 Å². The van der Waals surface area contributed by atoms with E-state index in [2.05, 4.69) is 24.3 Å². The summed E-state index contributed by atoms with van der Waals surface area (Å²) in [5, 5.41) is 0. The van der Waals surface area contributed by atoms with Gasteiger partial charge >= 0.3 is 0 Å². The van der Waals surface area contributed by atoms with Gasteiger partial charge in [0.1, 0.15) is 0 Å². The molecule has 2 N–H and O–H groups in total. The summed E-state index contributed by atoms with van der Waals surface area (Å²) in [7, 11) is 0. The fourth-order valence-electron chi connectivity index (χ4n) is 3.84. The maximum Gasteiger partial charge on any atom is 0.226 e. The van der Waals surface area contributed by atoms with Gasteiger partial charge in [0.2, 0.25) is 5.91 Å². The second-order valence-corrected chi connectivity index (χ2v) is 6.77. The van der Waals surface area contributed by atoms with Crippen LogP contribution in [0.25, 0.3) is 0 Å². The lowest BCUT2D eigenvalue weighted by Gasteiger charge is -2.16. The number of hydrogen-bond donors (Lipinski definition) is 1. The number of hydrogen-bond acceptors (Lipinski definition) is 2. The molecule has 0 radical (unpaired) electrons. The molecule has 0 spiro atoms. The molecule has 1 heterocycles. The number of benzene rings is 1. The summed E-state index contributed by atoms with van der Waals surface area (Å²) in [5.74, 6) is 2.57. The van der Waals surface area contributed by atoms with Crippen molar-refractivity contribution in [3.63, 3.8) is 0 Å². The summed E-state index contributed by atoms with van der Waals surface area (Å²) in [6.07, 6.45) is 3.83. The third-order valence-electron chi connectivity index (χ3n) is 5.29. The molecule has 0 bridgehead atoms. The minimum atomic E-state index is 0. The molecular weight excluding hydrogens is 284 g/mol. The zero-order valence-corrected chi connectivity index (χ0v) is 13.0. The minimum Gasteiger partial charge on any atom is -0.340 e. The molecule has 1 saturated heterocycles. The highest BCUT2D eigenvalue weighted by Gasteiger charge is 2.53. The van der Waals surface area contributed by atoms with Crippen LogP contribution in [0.3, 0.4) is 0 Å². The van der Waals surface area contributed by atoms with Crippen LogP contribution in [0, 0.1) is 17.8 Å². The second-order valence-electron chi connectivity index (χ2n) is 6.77. The van der Waals surface area contributed by atoms with E-state index < -0.39 is 0 Å². The van der Waals surface area contributed by atoms with Crippen molar-refractivity contribution in [1.82, 2.24) is 4.90 Å². The number of amides is 1. The molecule has 2 aliphatic carbocycles. The molecule has 0 aromatic heterocycles. The molecule has 1 aromatic carbocycles. The van der Waals surface area contributed by atoms with Gasteiger partial charge in [0.15, 0.2) is 0 Å². The molecule has 2 saturated carbocycles. The van der Waals surface area contributed by atoms with Gasteiger partial charge in [0.25, 0.3) is 0 Å². The minimum absolute atomic E-state index is 0. The first-order valence-corrected chi connectivity index (χ1v) is 7.83. The van der Waals surface area contributed by atoms with Crippen LogP contribution in [0.2, 0.25) is 0 Å². The third-order valence-corrected chi connectivity index (χ3v) is 5.29. The molecule has 1 aromatic rings. The molecule has 1 aliphatic heterocycles. The molecule has 3 aliphatic rings. The number of halogens is 1. The number of nitrogens with two attached hydrogens (primary N) is 1. The van der Waals surface area contributed by atoms with Crippen LogP contribution in [0.15, 0.2) is 30.3 Å². The highest BCUT2D eigenvalue weighted by molar-refractivity contribution is 5.85. The van der Waals surface area contributed by atoms with Gasteiger partial charge in [-0.1, -0.05) is 30.3 Å². The van der Waals surface area contributed by atoms with Crippen molar-refractivity contribution in [2.24, 2.45) is 23.5 Å². The summed E-state index contributed by atoms with van der Waals surface area (Å²) < 4.78 is 0. The average molecular weight is 307 g/mol. The Hall–Kier alpha value is -1.06. The molecule has 3 fully saturated rings. The first-order chi connectivity index (χ1) is 9.74. The molecule has 4 rings (SSSR count). The number of carbonyl (C=O) groups excluding carboxylic acids is 1. The van der Waals surface area contributed by atoms with E-state index in [9.17, 15) is 4.79 Å². The van der Waals surface area contributed by atoms with Gasteiger partial charge < -0.3 is 10.6 Å². The van der Waals surface area contributed by atoms with Crippen LogP contribution in [0.5, 0.6) is 0 Å². The highest BCUT2D eigenvalue weighted by Crippen LogP contribution is 2.55. The van der Waals surface area contributed by atoms with E-state index >= 15 is 0 Å². The number of rotatable bonds is 3. The van der Waals surface area contributed by atoms with Crippen LogP contribution in [0.4, 0.5) is 0 Å². The maximum atomic E-state index is 12.5. The monoisotopic (exact) mass is 306 g/mol. The van der Waals surface area contributed by atoms with Gasteiger partial charge in [0, 0.05) is 31.0 Å². The van der Waals surface area contributed by atoms with E-state index in [0.717, 1.165) is 25.4 Å². The molecule has 4 heteroatoms. The van der Waals surface area contributed by atoms with E-state index in [4.69, 9.17) is 5.73 Å². The standard InChI is InChI=1S/C17H22N2O.ClH/c18-16-10-19(9-15(16)11-4-2-1-3-5-11)17(20)14-8-13(14)12-6-7-12;/h1-5,12-16H,6-10,18H2;1H/t13?,14?,15-,16+;/m0./s1. The summed E-state index contributed by atoms with van der Waals surface area (Å²) in [5.41, 5.74) is 7.54. The smallest absolute Gasteiger partial charge is 0.226 e. The Bertz CT molecular complexity index is 517. The fourth-order valence-corrected chi connectivity index (χ4v) is 3.84. The van der Waals surface area contributed by atoms with E-state index in [0.29, 0.717) is 23.7 Å². The van der Waals surface area contributed by atoms with Crippen LogP contribution in [0.1, 0.15) is 30.7 Å². The number of nitrogens with zero attached hydrogens (tertiary/aromatic N) is 1. The van der Waals surface area contributed by atoms with Crippen molar-refractivity contribution >= 4 is 18.3 Å². The van der Waals surface area contributed by atoms with Crippen LogP contribution < -0.4 is 5.73 Å². The van der Waals surface area contributed by atoms with Crippen molar-refractivity contribution in [2.75, 3.05) is 13.1 Å².